The average Bonchev–Trinajstić information content (AvgIpc) is 2.14. The fourth-order valence-electron chi connectivity index (χ4n) is 1.19. The van der Waals surface area contributed by atoms with Crippen LogP contribution in [0.5, 0.6) is 0 Å². The fourth-order valence-corrected chi connectivity index (χ4v) is 1.19. The van der Waals surface area contributed by atoms with Crippen LogP contribution in [-0.2, 0) is 0 Å². The maximum atomic E-state index is 12.6. The van der Waals surface area contributed by atoms with Crippen LogP contribution in [0.3, 0.4) is 0 Å². The predicted octanol–water partition coefficient (Wildman–Crippen LogP) is 4.12. The molecule has 3 heteroatoms. The molecule has 1 aromatic carbocycles. The summed E-state index contributed by atoms with van der Waals surface area (Å²) in [6.07, 6.45) is -3.09. The van der Waals surface area contributed by atoms with Crippen LogP contribution in [0.2, 0.25) is 0 Å². The van der Waals surface area contributed by atoms with Gasteiger partial charge < -0.3 is 0 Å². The zero-order valence-electron chi connectivity index (χ0n) is 8.52. The number of aryl methyl sites for hydroxylation is 1. The Morgan fingerprint density at radius 3 is 2.13 bits per heavy atom. The van der Waals surface area contributed by atoms with Gasteiger partial charge in [-0.3, -0.25) is 0 Å². The van der Waals surface area contributed by atoms with Gasteiger partial charge in [0.25, 0.3) is 0 Å². The first-order chi connectivity index (χ1) is 6.95. The topological polar surface area (TPSA) is 0 Å². The van der Waals surface area contributed by atoms with E-state index in [1.807, 2.05) is 6.92 Å². The first kappa shape index (κ1) is 11.6. The number of alkyl halides is 3. The van der Waals surface area contributed by atoms with Gasteiger partial charge in [0.15, 0.2) is 0 Å². The van der Waals surface area contributed by atoms with Crippen LogP contribution < -0.4 is 0 Å². The molecule has 1 aromatic rings. The molecule has 0 spiro atoms. The second kappa shape index (κ2) is 4.37. The van der Waals surface area contributed by atoms with Gasteiger partial charge in [-0.2, -0.15) is 13.2 Å². The summed E-state index contributed by atoms with van der Waals surface area (Å²) < 4.78 is 37.7. The molecule has 1 rings (SSSR count). The van der Waals surface area contributed by atoms with Gasteiger partial charge in [0, 0.05) is 0 Å². The summed E-state index contributed by atoms with van der Waals surface area (Å²) in [5.74, 6) is 0. The van der Waals surface area contributed by atoms with E-state index < -0.39 is 11.7 Å². The van der Waals surface area contributed by atoms with Gasteiger partial charge in [0.1, 0.15) is 5.57 Å². The van der Waals surface area contributed by atoms with Crippen LogP contribution >= 0.6 is 0 Å². The summed E-state index contributed by atoms with van der Waals surface area (Å²) in [5, 5.41) is 0. The Labute approximate surface area is 86.7 Å². The molecule has 0 N–H and O–H groups in total. The number of benzene rings is 1. The van der Waals surface area contributed by atoms with Crippen molar-refractivity contribution in [2.45, 2.75) is 20.0 Å². The monoisotopic (exact) mass is 212 g/mol. The Morgan fingerprint density at radius 2 is 1.73 bits per heavy atom. The van der Waals surface area contributed by atoms with E-state index in [0.29, 0.717) is 0 Å². The SMILES string of the molecule is CC=C=C(c1ccc(C)cc1)C(F)(F)F. The highest BCUT2D eigenvalue weighted by atomic mass is 19.4. The molecule has 0 saturated carbocycles. The van der Waals surface area contributed by atoms with Crippen LogP contribution in [0.1, 0.15) is 18.1 Å². The van der Waals surface area contributed by atoms with E-state index in [1.54, 1.807) is 12.1 Å². The molecule has 0 bridgehead atoms. The largest absolute Gasteiger partial charge is 0.424 e. The second-order valence-electron chi connectivity index (χ2n) is 3.17. The summed E-state index contributed by atoms with van der Waals surface area (Å²) in [6.45, 7) is 3.34. The molecule has 80 valence electrons. The first-order valence-corrected chi connectivity index (χ1v) is 4.50. The van der Waals surface area contributed by atoms with E-state index in [4.69, 9.17) is 0 Å². The summed E-state index contributed by atoms with van der Waals surface area (Å²) in [5.41, 5.74) is 2.57. The average molecular weight is 212 g/mol. The minimum Gasteiger partial charge on any atom is -0.165 e. The fraction of sp³-hybridized carbons (Fsp3) is 0.250. The highest BCUT2D eigenvalue weighted by Crippen LogP contribution is 2.32. The number of hydrogen-bond donors (Lipinski definition) is 0. The third kappa shape index (κ3) is 3.00. The quantitative estimate of drug-likeness (QED) is 0.614. The second-order valence-corrected chi connectivity index (χ2v) is 3.17. The third-order valence-electron chi connectivity index (χ3n) is 1.91. The van der Waals surface area contributed by atoms with Crippen molar-refractivity contribution in [3.63, 3.8) is 0 Å². The van der Waals surface area contributed by atoms with Gasteiger partial charge in [-0.1, -0.05) is 29.8 Å². The standard InChI is InChI=1S/C12H11F3/c1-3-4-11(12(13,14)15)10-7-5-9(2)6-8-10/h3,5-8H,1-2H3. The molecule has 0 aliphatic rings. The molecule has 0 fully saturated rings. The van der Waals surface area contributed by atoms with Crippen LogP contribution in [0.4, 0.5) is 13.2 Å². The molecule has 0 atom stereocenters. The number of hydrogen-bond acceptors (Lipinski definition) is 0. The first-order valence-electron chi connectivity index (χ1n) is 4.50. The Bertz CT molecular complexity index is 390. The van der Waals surface area contributed by atoms with Gasteiger partial charge in [-0.05, 0) is 25.5 Å². The molecular formula is C12H11F3. The van der Waals surface area contributed by atoms with Crippen molar-refractivity contribution in [2.24, 2.45) is 0 Å². The maximum absolute atomic E-state index is 12.6. The molecule has 0 aliphatic carbocycles. The molecule has 0 saturated heterocycles. The summed E-state index contributed by atoms with van der Waals surface area (Å²) in [4.78, 5) is 0. The Balaban J connectivity index is 3.24. The highest BCUT2D eigenvalue weighted by Gasteiger charge is 2.34. The Hall–Kier alpha value is -1.47. The van der Waals surface area contributed by atoms with E-state index in [-0.39, 0.29) is 5.56 Å². The van der Waals surface area contributed by atoms with E-state index in [2.05, 4.69) is 5.73 Å². The van der Waals surface area contributed by atoms with Crippen LogP contribution in [0.15, 0.2) is 36.1 Å². The Kier molecular flexibility index (Phi) is 3.38. The normalized spacial score (nSPS) is 10.7. The molecule has 0 amide bonds. The lowest BCUT2D eigenvalue weighted by Gasteiger charge is -2.09. The lowest BCUT2D eigenvalue weighted by molar-refractivity contribution is -0.0687. The molecule has 0 aliphatic heterocycles. The minimum atomic E-state index is -4.36. The van der Waals surface area contributed by atoms with Gasteiger partial charge in [0.05, 0.1) is 0 Å². The van der Waals surface area contributed by atoms with Crippen LogP contribution in [0, 0.1) is 6.92 Å². The predicted molar refractivity (Wildman–Crippen MR) is 54.4 cm³/mol. The number of rotatable bonds is 1. The van der Waals surface area contributed by atoms with Crippen molar-refractivity contribution in [1.29, 1.82) is 0 Å². The van der Waals surface area contributed by atoms with E-state index in [0.717, 1.165) is 5.56 Å². The number of allylic oxidation sites excluding steroid dienone is 1. The summed E-state index contributed by atoms with van der Waals surface area (Å²) >= 11 is 0. The molecule has 0 heterocycles. The smallest absolute Gasteiger partial charge is 0.165 e. The van der Waals surface area contributed by atoms with Crippen molar-refractivity contribution in [3.05, 3.63) is 47.2 Å². The summed E-state index contributed by atoms with van der Waals surface area (Å²) in [7, 11) is 0. The van der Waals surface area contributed by atoms with Crippen molar-refractivity contribution in [1.82, 2.24) is 0 Å². The van der Waals surface area contributed by atoms with Gasteiger partial charge in [-0.15, -0.1) is 5.73 Å². The van der Waals surface area contributed by atoms with Crippen LogP contribution in [0.25, 0.3) is 5.57 Å². The van der Waals surface area contributed by atoms with E-state index in [9.17, 15) is 13.2 Å². The zero-order chi connectivity index (χ0) is 11.5. The highest BCUT2D eigenvalue weighted by molar-refractivity contribution is 5.69. The lowest BCUT2D eigenvalue weighted by atomic mass is 10.0. The molecule has 0 nitrogen and oxygen atoms in total. The molecule has 0 radical (unpaired) electrons. The third-order valence-corrected chi connectivity index (χ3v) is 1.91. The van der Waals surface area contributed by atoms with Gasteiger partial charge in [0.2, 0.25) is 0 Å². The summed E-state index contributed by atoms with van der Waals surface area (Å²) in [6, 6.07) is 6.21. The van der Waals surface area contributed by atoms with E-state index in [1.165, 1.54) is 25.1 Å². The van der Waals surface area contributed by atoms with E-state index >= 15 is 0 Å². The van der Waals surface area contributed by atoms with Crippen molar-refractivity contribution < 1.29 is 13.2 Å². The molecular weight excluding hydrogens is 201 g/mol. The minimum absolute atomic E-state index is 0.145. The zero-order valence-corrected chi connectivity index (χ0v) is 8.52. The molecule has 0 unspecified atom stereocenters. The van der Waals surface area contributed by atoms with Crippen LogP contribution in [-0.4, -0.2) is 6.18 Å². The van der Waals surface area contributed by atoms with Gasteiger partial charge in [-0.25, -0.2) is 0 Å². The molecule has 0 aromatic heterocycles. The molecule has 15 heavy (non-hydrogen) atoms. The van der Waals surface area contributed by atoms with Crippen molar-refractivity contribution >= 4 is 5.57 Å². The lowest BCUT2D eigenvalue weighted by Crippen LogP contribution is -2.09. The van der Waals surface area contributed by atoms with Gasteiger partial charge >= 0.3 is 6.18 Å². The van der Waals surface area contributed by atoms with Crippen molar-refractivity contribution in [2.75, 3.05) is 0 Å². The van der Waals surface area contributed by atoms with Crippen molar-refractivity contribution in [3.8, 4) is 0 Å². The number of halogens is 3. The maximum Gasteiger partial charge on any atom is 0.424 e. The Morgan fingerprint density at radius 1 is 1.20 bits per heavy atom.